The summed E-state index contributed by atoms with van der Waals surface area (Å²) in [5.41, 5.74) is 0.618. The number of halogens is 3. The van der Waals surface area contributed by atoms with E-state index in [2.05, 4.69) is 29.8 Å². The Morgan fingerprint density at radius 1 is 1.43 bits per heavy atom. The highest BCUT2D eigenvalue weighted by molar-refractivity contribution is 9.09. The average Bonchev–Trinajstić information content (AvgIpc) is 2.11. The minimum atomic E-state index is -0.211. The van der Waals surface area contributed by atoms with Crippen LogP contribution in [0.4, 0.5) is 4.39 Å². The molecule has 0 aromatic heterocycles. The first kappa shape index (κ1) is 12.0. The SMILES string of the molecule is CC(Br)C(C)Cc1c(F)cccc1Cl. The number of alkyl halides is 1. The van der Waals surface area contributed by atoms with Crippen LogP contribution in [-0.4, -0.2) is 4.83 Å². The van der Waals surface area contributed by atoms with Crippen LogP contribution in [0.1, 0.15) is 19.4 Å². The van der Waals surface area contributed by atoms with Crippen molar-refractivity contribution in [1.29, 1.82) is 0 Å². The first-order valence-electron chi connectivity index (χ1n) is 4.59. The Labute approximate surface area is 97.6 Å². The van der Waals surface area contributed by atoms with Gasteiger partial charge in [0.25, 0.3) is 0 Å². The predicted molar refractivity (Wildman–Crippen MR) is 62.7 cm³/mol. The molecule has 0 amide bonds. The predicted octanol–water partition coefficient (Wildman–Crippen LogP) is 4.44. The van der Waals surface area contributed by atoms with Gasteiger partial charge >= 0.3 is 0 Å². The maximum absolute atomic E-state index is 13.4. The lowest BCUT2D eigenvalue weighted by Crippen LogP contribution is -2.11. The molecule has 1 aromatic rings. The van der Waals surface area contributed by atoms with Crippen LogP contribution >= 0.6 is 27.5 Å². The van der Waals surface area contributed by atoms with E-state index < -0.39 is 0 Å². The topological polar surface area (TPSA) is 0 Å². The lowest BCUT2D eigenvalue weighted by molar-refractivity contribution is 0.545. The summed E-state index contributed by atoms with van der Waals surface area (Å²) in [6.07, 6.45) is 0.665. The first-order valence-corrected chi connectivity index (χ1v) is 5.88. The molecule has 0 nitrogen and oxygen atoms in total. The van der Waals surface area contributed by atoms with Crippen molar-refractivity contribution < 1.29 is 4.39 Å². The molecule has 14 heavy (non-hydrogen) atoms. The number of hydrogen-bond acceptors (Lipinski definition) is 0. The van der Waals surface area contributed by atoms with Gasteiger partial charge in [-0.3, -0.25) is 0 Å². The van der Waals surface area contributed by atoms with E-state index in [1.165, 1.54) is 6.07 Å². The standard InChI is InChI=1S/C11H13BrClF/c1-7(8(2)12)6-9-10(13)4-3-5-11(9)14/h3-5,7-8H,6H2,1-2H3. The molecule has 0 N–H and O–H groups in total. The molecule has 78 valence electrons. The second-order valence-corrected chi connectivity index (χ2v) is 5.41. The normalized spacial score (nSPS) is 15.2. The summed E-state index contributed by atoms with van der Waals surface area (Å²) in [6.45, 7) is 4.13. The summed E-state index contributed by atoms with van der Waals surface area (Å²) in [7, 11) is 0. The van der Waals surface area contributed by atoms with Gasteiger partial charge in [-0.25, -0.2) is 4.39 Å². The van der Waals surface area contributed by atoms with Crippen LogP contribution < -0.4 is 0 Å². The second kappa shape index (κ2) is 5.13. The van der Waals surface area contributed by atoms with Crippen molar-refractivity contribution in [2.75, 3.05) is 0 Å². The first-order chi connectivity index (χ1) is 6.52. The molecule has 0 aliphatic heterocycles. The molecule has 2 unspecified atom stereocenters. The van der Waals surface area contributed by atoms with E-state index in [-0.39, 0.29) is 5.82 Å². The van der Waals surface area contributed by atoms with E-state index in [4.69, 9.17) is 11.6 Å². The van der Waals surface area contributed by atoms with Crippen LogP contribution in [-0.2, 0) is 6.42 Å². The van der Waals surface area contributed by atoms with Crippen molar-refractivity contribution in [3.63, 3.8) is 0 Å². The zero-order chi connectivity index (χ0) is 10.7. The lowest BCUT2D eigenvalue weighted by atomic mass is 9.98. The summed E-state index contributed by atoms with van der Waals surface area (Å²) >= 11 is 9.40. The summed E-state index contributed by atoms with van der Waals surface area (Å²) in [6, 6.07) is 4.81. The van der Waals surface area contributed by atoms with E-state index >= 15 is 0 Å². The Bertz CT molecular complexity index is 292. The molecular formula is C11H13BrClF. The van der Waals surface area contributed by atoms with Crippen molar-refractivity contribution in [3.05, 3.63) is 34.6 Å². The Kier molecular flexibility index (Phi) is 4.39. The molecule has 0 saturated carbocycles. The number of benzene rings is 1. The summed E-state index contributed by atoms with van der Waals surface area (Å²) < 4.78 is 13.4. The highest BCUT2D eigenvalue weighted by Gasteiger charge is 2.14. The third-order valence-corrected chi connectivity index (χ3v) is 3.63. The molecule has 0 aliphatic rings. The Morgan fingerprint density at radius 2 is 2.07 bits per heavy atom. The van der Waals surface area contributed by atoms with Gasteiger partial charge in [-0.15, -0.1) is 0 Å². The molecule has 2 atom stereocenters. The van der Waals surface area contributed by atoms with Gasteiger partial charge in [0, 0.05) is 15.4 Å². The summed E-state index contributed by atoms with van der Waals surface area (Å²) in [4.78, 5) is 0.359. The third-order valence-electron chi connectivity index (χ3n) is 2.37. The molecule has 0 heterocycles. The maximum Gasteiger partial charge on any atom is 0.127 e. The fourth-order valence-corrected chi connectivity index (χ4v) is 1.64. The van der Waals surface area contributed by atoms with Gasteiger partial charge in [0.05, 0.1) is 0 Å². The van der Waals surface area contributed by atoms with Crippen LogP contribution in [0.25, 0.3) is 0 Å². The fraction of sp³-hybridized carbons (Fsp3) is 0.455. The highest BCUT2D eigenvalue weighted by Crippen LogP contribution is 2.25. The van der Waals surface area contributed by atoms with Crippen molar-refractivity contribution in [2.24, 2.45) is 5.92 Å². The average molecular weight is 280 g/mol. The quantitative estimate of drug-likeness (QED) is 0.718. The Balaban J connectivity index is 2.85. The van der Waals surface area contributed by atoms with Crippen LogP contribution in [0.2, 0.25) is 5.02 Å². The molecule has 1 aromatic carbocycles. The lowest BCUT2D eigenvalue weighted by Gasteiger charge is -2.15. The van der Waals surface area contributed by atoms with E-state index in [0.29, 0.717) is 27.8 Å². The molecule has 0 bridgehead atoms. The zero-order valence-corrected chi connectivity index (χ0v) is 10.6. The highest BCUT2D eigenvalue weighted by atomic mass is 79.9. The number of rotatable bonds is 3. The van der Waals surface area contributed by atoms with Gasteiger partial charge in [-0.05, 0) is 24.5 Å². The minimum absolute atomic E-state index is 0.211. The molecule has 0 aliphatic carbocycles. The van der Waals surface area contributed by atoms with E-state index in [1.54, 1.807) is 12.1 Å². The molecule has 3 heteroatoms. The summed E-state index contributed by atoms with van der Waals surface area (Å²) in [5, 5.41) is 0.519. The molecule has 0 spiro atoms. The van der Waals surface area contributed by atoms with Gasteiger partial charge in [-0.2, -0.15) is 0 Å². The van der Waals surface area contributed by atoms with Crippen LogP contribution in [0, 0.1) is 11.7 Å². The summed E-state index contributed by atoms with van der Waals surface area (Å²) in [5.74, 6) is 0.155. The zero-order valence-electron chi connectivity index (χ0n) is 8.23. The van der Waals surface area contributed by atoms with Gasteiger partial charge in [-0.1, -0.05) is 47.4 Å². The fourth-order valence-electron chi connectivity index (χ4n) is 1.21. The van der Waals surface area contributed by atoms with Gasteiger partial charge < -0.3 is 0 Å². The van der Waals surface area contributed by atoms with Crippen molar-refractivity contribution in [3.8, 4) is 0 Å². The largest absolute Gasteiger partial charge is 0.207 e. The van der Waals surface area contributed by atoms with E-state index in [1.807, 2.05) is 0 Å². The molecule has 0 saturated heterocycles. The van der Waals surface area contributed by atoms with Crippen LogP contribution in [0.15, 0.2) is 18.2 Å². The van der Waals surface area contributed by atoms with Crippen molar-refractivity contribution >= 4 is 27.5 Å². The monoisotopic (exact) mass is 278 g/mol. The maximum atomic E-state index is 13.4. The van der Waals surface area contributed by atoms with E-state index in [0.717, 1.165) is 0 Å². The van der Waals surface area contributed by atoms with E-state index in [9.17, 15) is 4.39 Å². The number of hydrogen-bond donors (Lipinski definition) is 0. The molecule has 0 radical (unpaired) electrons. The van der Waals surface area contributed by atoms with Gasteiger partial charge in [0.1, 0.15) is 5.82 Å². The van der Waals surface area contributed by atoms with Gasteiger partial charge in [0.2, 0.25) is 0 Å². The molecule has 1 rings (SSSR count). The van der Waals surface area contributed by atoms with Crippen molar-refractivity contribution in [1.82, 2.24) is 0 Å². The second-order valence-electron chi connectivity index (χ2n) is 3.56. The Hall–Kier alpha value is -0.0800. The molecular weight excluding hydrogens is 266 g/mol. The van der Waals surface area contributed by atoms with Crippen LogP contribution in [0.5, 0.6) is 0 Å². The Morgan fingerprint density at radius 3 is 2.57 bits per heavy atom. The van der Waals surface area contributed by atoms with Gasteiger partial charge in [0.15, 0.2) is 0 Å². The smallest absolute Gasteiger partial charge is 0.127 e. The third kappa shape index (κ3) is 2.96. The van der Waals surface area contributed by atoms with Crippen molar-refractivity contribution in [2.45, 2.75) is 25.1 Å². The minimum Gasteiger partial charge on any atom is -0.207 e. The molecule has 0 fully saturated rings. The van der Waals surface area contributed by atoms with Crippen LogP contribution in [0.3, 0.4) is 0 Å².